The molecule has 2 N–H and O–H groups in total. The van der Waals surface area contributed by atoms with Crippen molar-refractivity contribution in [3.8, 4) is 0 Å². The van der Waals surface area contributed by atoms with E-state index < -0.39 is 11.7 Å². The lowest BCUT2D eigenvalue weighted by molar-refractivity contribution is -0.137. The summed E-state index contributed by atoms with van der Waals surface area (Å²) in [5.41, 5.74) is 0.524. The van der Waals surface area contributed by atoms with Crippen LogP contribution in [0.3, 0.4) is 0 Å². The van der Waals surface area contributed by atoms with Gasteiger partial charge < -0.3 is 15.4 Å². The van der Waals surface area contributed by atoms with Crippen LogP contribution in [0.1, 0.15) is 24.0 Å². The van der Waals surface area contributed by atoms with Crippen molar-refractivity contribution in [3.63, 3.8) is 0 Å². The summed E-state index contributed by atoms with van der Waals surface area (Å²) in [7, 11) is 0. The summed E-state index contributed by atoms with van der Waals surface area (Å²) in [6, 6.07) is 5.21. The zero-order valence-electron chi connectivity index (χ0n) is 13.9. The van der Waals surface area contributed by atoms with Crippen LogP contribution in [-0.4, -0.2) is 34.1 Å². The van der Waals surface area contributed by atoms with E-state index in [1.165, 1.54) is 6.07 Å². The van der Waals surface area contributed by atoms with Gasteiger partial charge in [0.05, 0.1) is 30.1 Å². The largest absolute Gasteiger partial charge is 0.416 e. The maximum Gasteiger partial charge on any atom is 0.416 e. The van der Waals surface area contributed by atoms with Gasteiger partial charge in [-0.05, 0) is 42.8 Å². The molecule has 9 heteroatoms. The average molecular weight is 384 g/mol. The average Bonchev–Trinajstić information content (AvgIpc) is 3.24. The van der Waals surface area contributed by atoms with E-state index in [9.17, 15) is 13.2 Å². The Labute approximate surface area is 154 Å². The molecule has 140 valence electrons. The molecule has 26 heavy (non-hydrogen) atoms. The Hall–Kier alpha value is -2.13. The molecular formula is C17H19F3N4OS. The van der Waals surface area contributed by atoms with Gasteiger partial charge in [-0.1, -0.05) is 12.1 Å². The molecule has 2 aromatic rings. The van der Waals surface area contributed by atoms with E-state index in [0.29, 0.717) is 22.9 Å². The second-order valence-electron chi connectivity index (χ2n) is 6.09. The summed E-state index contributed by atoms with van der Waals surface area (Å²) in [5, 5.41) is 10.7. The molecule has 1 saturated heterocycles. The third-order valence-corrected chi connectivity index (χ3v) is 4.25. The molecule has 1 fully saturated rings. The van der Waals surface area contributed by atoms with Gasteiger partial charge in [-0.15, -0.1) is 0 Å². The maximum atomic E-state index is 12.8. The van der Waals surface area contributed by atoms with E-state index in [2.05, 4.69) is 15.7 Å². The molecule has 0 bridgehead atoms. The smallest absolute Gasteiger partial charge is 0.376 e. The first kappa shape index (κ1) is 18.7. The Balaban J connectivity index is 1.53. The van der Waals surface area contributed by atoms with Gasteiger partial charge in [-0.3, -0.25) is 4.68 Å². The van der Waals surface area contributed by atoms with Crippen molar-refractivity contribution in [1.82, 2.24) is 15.1 Å². The van der Waals surface area contributed by atoms with E-state index >= 15 is 0 Å². The summed E-state index contributed by atoms with van der Waals surface area (Å²) in [4.78, 5) is 0. The SMILES string of the molecule is FC(F)(F)c1cccc(Cn2cc(NC(=S)NCC3CCCO3)cn2)c1. The van der Waals surface area contributed by atoms with Gasteiger partial charge >= 0.3 is 6.18 Å². The Kier molecular flexibility index (Phi) is 5.77. The standard InChI is InChI=1S/C17H19F3N4OS/c18-17(19,20)13-4-1-3-12(7-13)10-24-11-14(8-22-24)23-16(26)21-9-15-5-2-6-25-15/h1,3-4,7-8,11,15H,2,5-6,9-10H2,(H2,21,23,26). The molecule has 1 aromatic carbocycles. The van der Waals surface area contributed by atoms with Crippen LogP contribution in [0.25, 0.3) is 0 Å². The van der Waals surface area contributed by atoms with Crippen LogP contribution < -0.4 is 10.6 Å². The van der Waals surface area contributed by atoms with E-state index in [-0.39, 0.29) is 12.6 Å². The van der Waals surface area contributed by atoms with Crippen molar-refractivity contribution in [2.45, 2.75) is 31.7 Å². The number of nitrogens with one attached hydrogen (secondary N) is 2. The van der Waals surface area contributed by atoms with Gasteiger partial charge in [0.2, 0.25) is 0 Å². The molecule has 0 aliphatic carbocycles. The first-order chi connectivity index (χ1) is 12.4. The van der Waals surface area contributed by atoms with Gasteiger partial charge in [-0.2, -0.15) is 18.3 Å². The zero-order chi connectivity index (χ0) is 18.6. The predicted octanol–water partition coefficient (Wildman–Crippen LogP) is 3.42. The van der Waals surface area contributed by atoms with Crippen LogP contribution >= 0.6 is 12.2 Å². The molecule has 1 unspecified atom stereocenters. The summed E-state index contributed by atoms with van der Waals surface area (Å²) in [5.74, 6) is 0. The highest BCUT2D eigenvalue weighted by atomic mass is 32.1. The Morgan fingerprint density at radius 3 is 2.96 bits per heavy atom. The summed E-state index contributed by atoms with van der Waals surface area (Å²) in [6.45, 7) is 1.67. The number of anilines is 1. The van der Waals surface area contributed by atoms with Crippen molar-refractivity contribution in [1.29, 1.82) is 0 Å². The number of alkyl halides is 3. The quantitative estimate of drug-likeness (QED) is 0.774. The molecule has 0 saturated carbocycles. The molecule has 0 radical (unpaired) electrons. The summed E-state index contributed by atoms with van der Waals surface area (Å²) < 4.78 is 45.4. The minimum Gasteiger partial charge on any atom is -0.376 e. The van der Waals surface area contributed by atoms with Crippen LogP contribution in [0, 0.1) is 0 Å². The lowest BCUT2D eigenvalue weighted by Crippen LogP contribution is -2.34. The third-order valence-electron chi connectivity index (χ3n) is 4.00. The second kappa shape index (κ2) is 8.05. The van der Waals surface area contributed by atoms with Crippen molar-refractivity contribution in [3.05, 3.63) is 47.8 Å². The molecule has 1 aliphatic rings. The van der Waals surface area contributed by atoms with Crippen LogP contribution in [-0.2, 0) is 17.5 Å². The normalized spacial score (nSPS) is 17.3. The molecule has 1 aliphatic heterocycles. The Morgan fingerprint density at radius 2 is 2.23 bits per heavy atom. The minimum absolute atomic E-state index is 0.179. The molecule has 0 amide bonds. The van der Waals surface area contributed by atoms with Crippen LogP contribution in [0.4, 0.5) is 18.9 Å². The second-order valence-corrected chi connectivity index (χ2v) is 6.50. The van der Waals surface area contributed by atoms with Gasteiger partial charge in [0.15, 0.2) is 5.11 Å². The van der Waals surface area contributed by atoms with Crippen LogP contribution in [0.15, 0.2) is 36.7 Å². The van der Waals surface area contributed by atoms with Gasteiger partial charge in [0.1, 0.15) is 0 Å². The summed E-state index contributed by atoms with van der Waals surface area (Å²) >= 11 is 5.23. The number of halogens is 3. The number of benzene rings is 1. The first-order valence-corrected chi connectivity index (χ1v) is 8.66. The van der Waals surface area contributed by atoms with Crippen molar-refractivity contribution < 1.29 is 17.9 Å². The molecule has 3 rings (SSSR count). The number of nitrogens with zero attached hydrogens (tertiary/aromatic N) is 2. The lowest BCUT2D eigenvalue weighted by Gasteiger charge is -2.13. The van der Waals surface area contributed by atoms with Gasteiger partial charge in [0, 0.05) is 19.3 Å². The van der Waals surface area contributed by atoms with Gasteiger partial charge in [-0.25, -0.2) is 0 Å². The number of ether oxygens (including phenoxy) is 1. The molecule has 1 aromatic heterocycles. The molecule has 2 heterocycles. The van der Waals surface area contributed by atoms with E-state index in [1.807, 2.05) is 0 Å². The van der Waals surface area contributed by atoms with E-state index in [1.54, 1.807) is 23.1 Å². The minimum atomic E-state index is -4.35. The topological polar surface area (TPSA) is 51.1 Å². The lowest BCUT2D eigenvalue weighted by atomic mass is 10.1. The fraction of sp³-hybridized carbons (Fsp3) is 0.412. The number of aromatic nitrogens is 2. The number of hydrogen-bond donors (Lipinski definition) is 2. The zero-order valence-corrected chi connectivity index (χ0v) is 14.7. The van der Waals surface area contributed by atoms with Crippen molar-refractivity contribution in [2.24, 2.45) is 0 Å². The maximum absolute atomic E-state index is 12.8. The van der Waals surface area contributed by atoms with Gasteiger partial charge in [0.25, 0.3) is 0 Å². The number of thiocarbonyl (C=S) groups is 1. The first-order valence-electron chi connectivity index (χ1n) is 8.25. The number of rotatable bonds is 5. The van der Waals surface area contributed by atoms with Crippen LogP contribution in [0.2, 0.25) is 0 Å². The third kappa shape index (κ3) is 5.18. The summed E-state index contributed by atoms with van der Waals surface area (Å²) in [6.07, 6.45) is 1.18. The highest BCUT2D eigenvalue weighted by Gasteiger charge is 2.30. The van der Waals surface area contributed by atoms with Crippen molar-refractivity contribution in [2.75, 3.05) is 18.5 Å². The molecule has 1 atom stereocenters. The monoisotopic (exact) mass is 384 g/mol. The van der Waals surface area contributed by atoms with Crippen LogP contribution in [0.5, 0.6) is 0 Å². The highest BCUT2D eigenvalue weighted by Crippen LogP contribution is 2.29. The highest BCUT2D eigenvalue weighted by molar-refractivity contribution is 7.80. The van der Waals surface area contributed by atoms with E-state index in [0.717, 1.165) is 31.6 Å². The Morgan fingerprint density at radius 1 is 1.38 bits per heavy atom. The van der Waals surface area contributed by atoms with Crippen molar-refractivity contribution >= 4 is 23.0 Å². The fourth-order valence-electron chi connectivity index (χ4n) is 2.73. The molecular weight excluding hydrogens is 365 g/mol. The fourth-order valence-corrected chi connectivity index (χ4v) is 2.94. The number of hydrogen-bond acceptors (Lipinski definition) is 3. The predicted molar refractivity (Wildman–Crippen MR) is 96.0 cm³/mol. The van der Waals surface area contributed by atoms with E-state index in [4.69, 9.17) is 17.0 Å². The Bertz CT molecular complexity index is 756. The molecule has 5 nitrogen and oxygen atoms in total. The molecule has 0 spiro atoms.